The summed E-state index contributed by atoms with van der Waals surface area (Å²) in [5, 5.41) is 3.58. The Bertz CT molecular complexity index is 868. The minimum Gasteiger partial charge on any atom is -0.351 e. The Morgan fingerprint density at radius 1 is 1.12 bits per heavy atom. The number of amides is 1. The van der Waals surface area contributed by atoms with Crippen LogP contribution in [0.1, 0.15) is 18.1 Å². The summed E-state index contributed by atoms with van der Waals surface area (Å²) in [5.41, 5.74) is 1.64. The molecule has 0 saturated heterocycles. The summed E-state index contributed by atoms with van der Waals surface area (Å²) in [4.78, 5) is 12.3. The molecule has 0 bridgehead atoms. The fourth-order valence-electron chi connectivity index (χ4n) is 2.07. The molecule has 0 radical (unpaired) electrons. The van der Waals surface area contributed by atoms with Gasteiger partial charge in [-0.25, -0.2) is 8.42 Å². The Morgan fingerprint density at radius 2 is 1.76 bits per heavy atom. The zero-order valence-electron chi connectivity index (χ0n) is 13.7. The number of rotatable bonds is 6. The maximum atomic E-state index is 12.3. The first-order valence-corrected chi connectivity index (χ1v) is 9.73. The van der Waals surface area contributed by atoms with Crippen molar-refractivity contribution in [3.05, 3.63) is 63.6 Å². The van der Waals surface area contributed by atoms with Crippen LogP contribution in [0.5, 0.6) is 0 Å². The van der Waals surface area contributed by atoms with Crippen LogP contribution in [0.15, 0.2) is 47.4 Å². The van der Waals surface area contributed by atoms with E-state index < -0.39 is 22.0 Å². The second kappa shape index (κ2) is 8.19. The molecule has 0 aliphatic rings. The van der Waals surface area contributed by atoms with Crippen LogP contribution in [0.3, 0.4) is 0 Å². The first-order valence-electron chi connectivity index (χ1n) is 7.49. The van der Waals surface area contributed by atoms with Crippen LogP contribution in [0.25, 0.3) is 0 Å². The summed E-state index contributed by atoms with van der Waals surface area (Å²) >= 11 is 11.9. The highest BCUT2D eigenvalue weighted by Crippen LogP contribution is 2.20. The molecule has 0 aliphatic carbocycles. The number of carbonyl (C=O) groups excluding carboxylic acids is 1. The van der Waals surface area contributed by atoms with Crippen molar-refractivity contribution in [2.45, 2.75) is 31.3 Å². The van der Waals surface area contributed by atoms with E-state index >= 15 is 0 Å². The average molecular weight is 401 g/mol. The van der Waals surface area contributed by atoms with Crippen molar-refractivity contribution in [1.29, 1.82) is 0 Å². The summed E-state index contributed by atoms with van der Waals surface area (Å²) in [7, 11) is -3.77. The molecule has 25 heavy (non-hydrogen) atoms. The summed E-state index contributed by atoms with van der Waals surface area (Å²) in [5.74, 6) is -0.457. The molecule has 2 aromatic carbocycles. The minimum absolute atomic E-state index is 0.110. The molecule has 0 unspecified atom stereocenters. The molecule has 1 atom stereocenters. The molecule has 0 saturated carbocycles. The van der Waals surface area contributed by atoms with Crippen molar-refractivity contribution in [2.75, 3.05) is 0 Å². The monoisotopic (exact) mass is 400 g/mol. The SMILES string of the molecule is Cc1ccc(S(=O)(=O)N[C@@H](C)C(=O)NCc2ccc(Cl)cc2Cl)cc1. The van der Waals surface area contributed by atoms with Crippen LogP contribution < -0.4 is 10.0 Å². The highest BCUT2D eigenvalue weighted by molar-refractivity contribution is 7.89. The predicted molar refractivity (Wildman–Crippen MR) is 99.3 cm³/mol. The van der Waals surface area contributed by atoms with E-state index in [1.54, 1.807) is 30.3 Å². The van der Waals surface area contributed by atoms with E-state index in [4.69, 9.17) is 23.2 Å². The normalized spacial score (nSPS) is 12.6. The Hall–Kier alpha value is -1.60. The Labute approximate surface area is 157 Å². The quantitative estimate of drug-likeness (QED) is 0.780. The number of benzene rings is 2. The standard InChI is InChI=1S/C17H18Cl2N2O3S/c1-11-3-7-15(8-4-11)25(23,24)21-12(2)17(22)20-10-13-5-6-14(18)9-16(13)19/h3-9,12,21H,10H2,1-2H3,(H,20,22)/t12-/m0/s1. The minimum atomic E-state index is -3.77. The number of aryl methyl sites for hydroxylation is 1. The van der Waals surface area contributed by atoms with Gasteiger partial charge in [-0.3, -0.25) is 4.79 Å². The summed E-state index contributed by atoms with van der Waals surface area (Å²) in [6.07, 6.45) is 0. The second-order valence-corrected chi connectivity index (χ2v) is 8.17. The number of hydrogen-bond acceptors (Lipinski definition) is 3. The Morgan fingerprint density at radius 3 is 2.36 bits per heavy atom. The molecule has 8 heteroatoms. The molecule has 0 heterocycles. The number of sulfonamides is 1. The van der Waals surface area contributed by atoms with E-state index in [0.717, 1.165) is 5.56 Å². The topological polar surface area (TPSA) is 75.3 Å². The van der Waals surface area contributed by atoms with Gasteiger partial charge in [-0.1, -0.05) is 47.0 Å². The molecular weight excluding hydrogens is 383 g/mol. The molecule has 0 spiro atoms. The lowest BCUT2D eigenvalue weighted by Crippen LogP contribution is -2.44. The lowest BCUT2D eigenvalue weighted by Gasteiger charge is -2.15. The molecule has 0 aromatic heterocycles. The van der Waals surface area contributed by atoms with Crippen molar-refractivity contribution < 1.29 is 13.2 Å². The highest BCUT2D eigenvalue weighted by atomic mass is 35.5. The smallest absolute Gasteiger partial charge is 0.241 e. The van der Waals surface area contributed by atoms with Gasteiger partial charge in [0.1, 0.15) is 0 Å². The summed E-state index contributed by atoms with van der Waals surface area (Å²) in [6, 6.07) is 10.4. The molecular formula is C17H18Cl2N2O3S. The molecule has 5 nitrogen and oxygen atoms in total. The Kier molecular flexibility index (Phi) is 6.46. The molecule has 0 fully saturated rings. The zero-order chi connectivity index (χ0) is 18.6. The number of halogens is 2. The largest absolute Gasteiger partial charge is 0.351 e. The van der Waals surface area contributed by atoms with Crippen LogP contribution in [-0.2, 0) is 21.4 Å². The summed E-state index contributed by atoms with van der Waals surface area (Å²) in [6.45, 7) is 3.51. The van der Waals surface area contributed by atoms with Crippen molar-refractivity contribution in [3.8, 4) is 0 Å². The number of nitrogens with one attached hydrogen (secondary N) is 2. The molecule has 2 N–H and O–H groups in total. The molecule has 1 amide bonds. The van der Waals surface area contributed by atoms with Crippen LogP contribution >= 0.6 is 23.2 Å². The summed E-state index contributed by atoms with van der Waals surface area (Å²) < 4.78 is 27.0. The van der Waals surface area contributed by atoms with E-state index in [9.17, 15) is 13.2 Å². The van der Waals surface area contributed by atoms with Crippen molar-refractivity contribution in [2.24, 2.45) is 0 Å². The van der Waals surface area contributed by atoms with E-state index in [2.05, 4.69) is 10.0 Å². The second-order valence-electron chi connectivity index (χ2n) is 5.61. The fourth-order valence-corrected chi connectivity index (χ4v) is 3.75. The van der Waals surface area contributed by atoms with E-state index in [-0.39, 0.29) is 11.4 Å². The van der Waals surface area contributed by atoms with Gasteiger partial charge in [-0.05, 0) is 43.7 Å². The van der Waals surface area contributed by atoms with Gasteiger partial charge in [0, 0.05) is 16.6 Å². The van der Waals surface area contributed by atoms with E-state index in [1.807, 2.05) is 6.92 Å². The predicted octanol–water partition coefficient (Wildman–Crippen LogP) is 3.29. The van der Waals surface area contributed by atoms with Gasteiger partial charge < -0.3 is 5.32 Å². The Balaban J connectivity index is 1.98. The van der Waals surface area contributed by atoms with Gasteiger partial charge in [0.25, 0.3) is 0 Å². The lowest BCUT2D eigenvalue weighted by molar-refractivity contribution is -0.122. The van der Waals surface area contributed by atoms with Gasteiger partial charge in [-0.2, -0.15) is 4.72 Å². The first-order chi connectivity index (χ1) is 11.7. The molecule has 134 valence electrons. The maximum Gasteiger partial charge on any atom is 0.241 e. The maximum absolute atomic E-state index is 12.3. The van der Waals surface area contributed by atoms with Crippen LogP contribution in [0.2, 0.25) is 10.0 Å². The average Bonchev–Trinajstić information content (AvgIpc) is 2.53. The van der Waals surface area contributed by atoms with Crippen molar-refractivity contribution in [1.82, 2.24) is 10.0 Å². The molecule has 0 aliphatic heterocycles. The van der Waals surface area contributed by atoms with Crippen LogP contribution in [-0.4, -0.2) is 20.4 Å². The molecule has 2 aromatic rings. The molecule has 2 rings (SSSR count). The third kappa shape index (κ3) is 5.44. The van der Waals surface area contributed by atoms with Gasteiger partial charge in [0.2, 0.25) is 15.9 Å². The first kappa shape index (κ1) is 19.7. The highest BCUT2D eigenvalue weighted by Gasteiger charge is 2.21. The number of hydrogen-bond donors (Lipinski definition) is 2. The lowest BCUT2D eigenvalue weighted by atomic mass is 10.2. The van der Waals surface area contributed by atoms with Gasteiger partial charge in [0.05, 0.1) is 10.9 Å². The fraction of sp³-hybridized carbons (Fsp3) is 0.235. The van der Waals surface area contributed by atoms with Gasteiger partial charge in [0.15, 0.2) is 0 Å². The van der Waals surface area contributed by atoms with Crippen molar-refractivity contribution in [3.63, 3.8) is 0 Å². The third-order valence-corrected chi connectivity index (χ3v) is 5.67. The van der Waals surface area contributed by atoms with Gasteiger partial charge in [-0.15, -0.1) is 0 Å². The van der Waals surface area contributed by atoms with Gasteiger partial charge >= 0.3 is 0 Å². The number of carbonyl (C=O) groups is 1. The van der Waals surface area contributed by atoms with Crippen molar-refractivity contribution >= 4 is 39.1 Å². The van der Waals surface area contributed by atoms with Crippen LogP contribution in [0.4, 0.5) is 0 Å². The third-order valence-electron chi connectivity index (χ3n) is 3.52. The van der Waals surface area contributed by atoms with E-state index in [1.165, 1.54) is 19.1 Å². The zero-order valence-corrected chi connectivity index (χ0v) is 16.0. The van der Waals surface area contributed by atoms with E-state index in [0.29, 0.717) is 15.6 Å². The van der Waals surface area contributed by atoms with Crippen LogP contribution in [0, 0.1) is 6.92 Å².